The Morgan fingerprint density at radius 1 is 1.30 bits per heavy atom. The van der Waals surface area contributed by atoms with Gasteiger partial charge in [-0.15, -0.1) is 0 Å². The fraction of sp³-hybridized carbons (Fsp3) is 0.429. The normalized spacial score (nSPS) is 23.2. The summed E-state index contributed by atoms with van der Waals surface area (Å²) in [5.41, 5.74) is -0.442. The zero-order chi connectivity index (χ0) is 15.1. The molecule has 0 heterocycles. The van der Waals surface area contributed by atoms with E-state index in [0.29, 0.717) is 0 Å². The molecule has 0 saturated heterocycles. The van der Waals surface area contributed by atoms with Crippen LogP contribution in [0.15, 0.2) is 18.2 Å². The Labute approximate surface area is 114 Å². The third-order valence-corrected chi connectivity index (χ3v) is 3.84. The number of carboxylic acid groups (broad SMARTS) is 1. The molecule has 0 bridgehead atoms. The maximum absolute atomic E-state index is 13.4. The van der Waals surface area contributed by atoms with Crippen molar-refractivity contribution in [2.75, 3.05) is 0 Å². The number of hydrogen-bond donors (Lipinski definition) is 2. The number of hydrogen-bond acceptors (Lipinski definition) is 2. The molecule has 20 heavy (non-hydrogen) atoms. The van der Waals surface area contributed by atoms with Gasteiger partial charge in [-0.1, -0.05) is 19.9 Å². The lowest BCUT2D eigenvalue weighted by Crippen LogP contribution is -2.27. The summed E-state index contributed by atoms with van der Waals surface area (Å²) in [6, 6.07) is 3.09. The van der Waals surface area contributed by atoms with Crippen molar-refractivity contribution >= 4 is 11.9 Å². The van der Waals surface area contributed by atoms with Crippen LogP contribution in [0.5, 0.6) is 0 Å². The summed E-state index contributed by atoms with van der Waals surface area (Å²) in [5, 5.41) is 11.5. The van der Waals surface area contributed by atoms with Crippen LogP contribution in [0.25, 0.3) is 0 Å². The highest BCUT2D eigenvalue weighted by Gasteiger charge is 2.65. The summed E-state index contributed by atoms with van der Waals surface area (Å²) in [4.78, 5) is 22.9. The molecule has 0 radical (unpaired) electrons. The minimum absolute atomic E-state index is 0.0934. The first-order valence-electron chi connectivity index (χ1n) is 6.19. The number of aliphatic carboxylic acids is 1. The zero-order valence-electron chi connectivity index (χ0n) is 11.1. The monoisotopic (exact) mass is 283 g/mol. The maximum Gasteiger partial charge on any atom is 0.307 e. The molecule has 6 heteroatoms. The minimum atomic E-state index is -1.01. The highest BCUT2D eigenvalue weighted by Crippen LogP contribution is 2.58. The second-order valence-electron chi connectivity index (χ2n) is 5.57. The Kier molecular flexibility index (Phi) is 3.50. The summed E-state index contributed by atoms with van der Waals surface area (Å²) in [5.74, 6) is -4.21. The molecule has 2 rings (SSSR count). The van der Waals surface area contributed by atoms with E-state index >= 15 is 0 Å². The van der Waals surface area contributed by atoms with E-state index in [9.17, 15) is 18.4 Å². The fourth-order valence-corrected chi connectivity index (χ4v) is 2.55. The molecule has 1 fully saturated rings. The quantitative estimate of drug-likeness (QED) is 0.887. The minimum Gasteiger partial charge on any atom is -0.481 e. The Morgan fingerprint density at radius 2 is 1.95 bits per heavy atom. The molecule has 1 saturated carbocycles. The van der Waals surface area contributed by atoms with E-state index in [1.165, 1.54) is 6.07 Å². The third-order valence-electron chi connectivity index (χ3n) is 3.84. The Bertz CT molecular complexity index is 572. The first-order chi connectivity index (χ1) is 9.25. The van der Waals surface area contributed by atoms with Crippen LogP contribution in [0, 0.1) is 28.9 Å². The van der Waals surface area contributed by atoms with Crippen molar-refractivity contribution < 1.29 is 23.5 Å². The van der Waals surface area contributed by atoms with Gasteiger partial charge in [-0.2, -0.15) is 0 Å². The van der Waals surface area contributed by atoms with Gasteiger partial charge in [-0.05, 0) is 11.5 Å². The summed E-state index contributed by atoms with van der Waals surface area (Å²) in [7, 11) is 0. The number of amides is 1. The second kappa shape index (κ2) is 4.85. The topological polar surface area (TPSA) is 66.4 Å². The zero-order valence-corrected chi connectivity index (χ0v) is 11.1. The van der Waals surface area contributed by atoms with Gasteiger partial charge in [0.2, 0.25) is 5.91 Å². The van der Waals surface area contributed by atoms with Gasteiger partial charge in [0.25, 0.3) is 0 Å². The number of rotatable bonds is 4. The number of carbonyl (C=O) groups excluding carboxylic acids is 1. The molecule has 1 amide bonds. The highest BCUT2D eigenvalue weighted by molar-refractivity contribution is 5.91. The average Bonchev–Trinajstić information content (AvgIpc) is 2.91. The van der Waals surface area contributed by atoms with E-state index < -0.39 is 40.8 Å². The van der Waals surface area contributed by atoms with Crippen LogP contribution in [0.4, 0.5) is 8.78 Å². The Balaban J connectivity index is 1.98. The smallest absolute Gasteiger partial charge is 0.307 e. The van der Waals surface area contributed by atoms with Crippen LogP contribution in [0.2, 0.25) is 0 Å². The van der Waals surface area contributed by atoms with Crippen LogP contribution in [0.1, 0.15) is 19.4 Å². The average molecular weight is 283 g/mol. The van der Waals surface area contributed by atoms with Crippen molar-refractivity contribution in [1.82, 2.24) is 5.32 Å². The molecule has 0 spiro atoms. The molecule has 108 valence electrons. The van der Waals surface area contributed by atoms with Crippen molar-refractivity contribution in [3.8, 4) is 0 Å². The van der Waals surface area contributed by atoms with Gasteiger partial charge in [0.1, 0.15) is 11.6 Å². The molecule has 1 aromatic rings. The van der Waals surface area contributed by atoms with E-state index in [0.717, 1.165) is 12.1 Å². The van der Waals surface area contributed by atoms with Crippen LogP contribution in [0.3, 0.4) is 0 Å². The predicted octanol–water partition coefficient (Wildman–Crippen LogP) is 1.94. The molecule has 1 aliphatic carbocycles. The number of carboxylic acids is 1. The molecule has 1 aromatic carbocycles. The van der Waals surface area contributed by atoms with Gasteiger partial charge in [0, 0.05) is 18.2 Å². The van der Waals surface area contributed by atoms with E-state index in [1.807, 2.05) is 0 Å². The molecular formula is C14H15F2NO3. The summed E-state index contributed by atoms with van der Waals surface area (Å²) < 4.78 is 26.1. The maximum atomic E-state index is 13.4. The predicted molar refractivity (Wildman–Crippen MR) is 66.6 cm³/mol. The van der Waals surface area contributed by atoms with Gasteiger partial charge >= 0.3 is 5.97 Å². The van der Waals surface area contributed by atoms with Gasteiger partial charge < -0.3 is 10.4 Å². The van der Waals surface area contributed by atoms with E-state index in [4.69, 9.17) is 5.11 Å². The van der Waals surface area contributed by atoms with E-state index in [1.54, 1.807) is 13.8 Å². The summed E-state index contributed by atoms with van der Waals surface area (Å²) >= 11 is 0. The molecule has 2 atom stereocenters. The van der Waals surface area contributed by atoms with Crippen LogP contribution in [-0.2, 0) is 16.1 Å². The Hall–Kier alpha value is -1.98. The first-order valence-corrected chi connectivity index (χ1v) is 6.19. The van der Waals surface area contributed by atoms with Crippen LogP contribution < -0.4 is 5.32 Å². The molecule has 0 unspecified atom stereocenters. The highest BCUT2D eigenvalue weighted by atomic mass is 19.1. The number of carbonyl (C=O) groups is 2. The lowest BCUT2D eigenvalue weighted by molar-refractivity contribution is -0.140. The number of benzene rings is 1. The van der Waals surface area contributed by atoms with E-state index in [-0.39, 0.29) is 12.1 Å². The fourth-order valence-electron chi connectivity index (χ4n) is 2.55. The number of nitrogens with one attached hydrogen (secondary N) is 1. The summed E-state index contributed by atoms with van der Waals surface area (Å²) in [6.45, 7) is 3.31. The van der Waals surface area contributed by atoms with Crippen molar-refractivity contribution in [3.63, 3.8) is 0 Å². The first kappa shape index (κ1) is 14.4. The Morgan fingerprint density at radius 3 is 2.45 bits per heavy atom. The standard InChI is InChI=1S/C14H15F2NO3/c1-14(2)10(11(14)13(19)20)12(18)17-6-7-3-4-8(15)5-9(7)16/h3-5,10-11H,6H2,1-2H3,(H,17,18)(H,19,20)/t10-,11+/m1/s1. The van der Waals surface area contributed by atoms with Crippen molar-refractivity contribution in [2.24, 2.45) is 17.3 Å². The van der Waals surface area contributed by atoms with E-state index in [2.05, 4.69) is 5.32 Å². The van der Waals surface area contributed by atoms with Crippen molar-refractivity contribution in [3.05, 3.63) is 35.4 Å². The molecule has 4 nitrogen and oxygen atoms in total. The van der Waals surface area contributed by atoms with Crippen LogP contribution >= 0.6 is 0 Å². The number of halogens is 2. The van der Waals surface area contributed by atoms with Gasteiger partial charge in [-0.3, -0.25) is 9.59 Å². The van der Waals surface area contributed by atoms with Gasteiger partial charge in [0.05, 0.1) is 11.8 Å². The summed E-state index contributed by atoms with van der Waals surface area (Å²) in [6.07, 6.45) is 0. The molecule has 2 N–H and O–H groups in total. The van der Waals surface area contributed by atoms with Crippen molar-refractivity contribution in [2.45, 2.75) is 20.4 Å². The molecular weight excluding hydrogens is 268 g/mol. The third kappa shape index (κ3) is 2.50. The van der Waals surface area contributed by atoms with Gasteiger partial charge in [0.15, 0.2) is 0 Å². The van der Waals surface area contributed by atoms with Crippen LogP contribution in [-0.4, -0.2) is 17.0 Å². The SMILES string of the molecule is CC1(C)[C@H](C(=O)O)[C@@H]1C(=O)NCc1ccc(F)cc1F. The lowest BCUT2D eigenvalue weighted by atomic mass is 10.1. The lowest BCUT2D eigenvalue weighted by Gasteiger charge is -2.07. The molecule has 0 aromatic heterocycles. The second-order valence-corrected chi connectivity index (χ2v) is 5.57. The van der Waals surface area contributed by atoms with Crippen molar-refractivity contribution in [1.29, 1.82) is 0 Å². The largest absolute Gasteiger partial charge is 0.481 e. The van der Waals surface area contributed by atoms with Gasteiger partial charge in [-0.25, -0.2) is 8.78 Å². The molecule has 0 aliphatic heterocycles. The molecule has 1 aliphatic rings.